The number of ether oxygens (including phenoxy) is 4. The van der Waals surface area contributed by atoms with E-state index in [4.69, 9.17) is 82.6 Å². The second kappa shape index (κ2) is 41.3. The number of fused-ring (bicyclic) bond motifs is 1. The topological polar surface area (TPSA) is 326 Å². The molecule has 0 radical (unpaired) electrons. The van der Waals surface area contributed by atoms with Crippen molar-refractivity contribution in [3.8, 4) is 11.6 Å². The van der Waals surface area contributed by atoms with Crippen molar-refractivity contribution in [3.05, 3.63) is 119 Å². The van der Waals surface area contributed by atoms with Crippen LogP contribution in [0.1, 0.15) is 126 Å². The maximum absolute atomic E-state index is 12.7. The van der Waals surface area contributed by atoms with Crippen LogP contribution in [0.15, 0.2) is 72.8 Å². The molecule has 3 atom stereocenters. The van der Waals surface area contributed by atoms with Crippen molar-refractivity contribution in [1.29, 1.82) is 10.5 Å². The summed E-state index contributed by atoms with van der Waals surface area (Å²) in [4.78, 5) is 68.4. The summed E-state index contributed by atoms with van der Waals surface area (Å²) in [6.45, 7) is 23.8. The number of nitro groups is 2. The largest absolute Gasteiger partial charge is 1.00 e. The number of aromatic nitrogens is 2. The molecule has 3 fully saturated rings. The van der Waals surface area contributed by atoms with Gasteiger partial charge in [-0.1, -0.05) is 70.7 Å². The lowest BCUT2D eigenvalue weighted by Gasteiger charge is -2.29. The molecule has 514 valence electrons. The molecule has 0 bridgehead atoms. The standard InChI is InChI=1S/C18H25ClN4O2.C17H24ClN3O4.C17H26ClN3O2.C6H3ClFNO2.C2H6O.CBrN.CHN.HI/c1-18(2,3)25-17(24)22-10-5-4-7-12(11-22)23-15-13(19)8-6-9-14(15)21-16(23)20;1-17(2,3)25-16(22)20-10-5-4-7-12(11-20)19-15-13(18)8-6-9-14(15)21(23)24;1-17(2,3)23-16(22)21-10-5-4-7-12(11-21)20-15-13(18)8-6-9-14(15)19;7-4-2-1-3-5(6(4)8)9(10)11;1-3-2;2-1-3;1-2;/h6,8-9,12H,4-5,7,10-11H2,1-3H3,(H2,20,21);6,8-9,12,19H,4-5,7,10-11H2,1-3H3;6,8-9,12,20H,4-5,7,10-11,19H2,1-3H3;1-3H;1-2H3;;1H;1H/p-1/t3*12-;;;;;/m111...../s1. The van der Waals surface area contributed by atoms with Crippen LogP contribution in [0.2, 0.25) is 20.1 Å². The van der Waals surface area contributed by atoms with E-state index >= 15 is 0 Å². The van der Waals surface area contributed by atoms with Crippen LogP contribution in [0.4, 0.5) is 53.2 Å². The van der Waals surface area contributed by atoms with Gasteiger partial charge < -0.3 is 84.3 Å². The molecule has 0 aliphatic carbocycles. The molecule has 3 aliphatic rings. The van der Waals surface area contributed by atoms with E-state index in [2.05, 4.69) is 42.9 Å². The molecule has 6 N–H and O–H groups in total. The summed E-state index contributed by atoms with van der Waals surface area (Å²) in [5, 5.41) is 42.9. The predicted molar refractivity (Wildman–Crippen MR) is 364 cm³/mol. The lowest BCUT2D eigenvalue weighted by Crippen LogP contribution is -3.00. The first-order valence-corrected chi connectivity index (χ1v) is 31.6. The summed E-state index contributed by atoms with van der Waals surface area (Å²) in [7, 11) is 3.25. The summed E-state index contributed by atoms with van der Waals surface area (Å²) in [6.07, 6.45) is 7.49. The Balaban J connectivity index is 0.000000610. The first-order valence-electron chi connectivity index (χ1n) is 29.2. The molecule has 4 heterocycles. The van der Waals surface area contributed by atoms with Gasteiger partial charge in [0.1, 0.15) is 27.5 Å². The average molecular weight is 1560 g/mol. The van der Waals surface area contributed by atoms with Crippen molar-refractivity contribution in [3.63, 3.8) is 0 Å². The number of nitrogens with two attached hydrogens (primary N) is 2. The molecule has 8 rings (SSSR count). The maximum atomic E-state index is 12.7. The zero-order valence-electron chi connectivity index (χ0n) is 54.2. The molecule has 31 heteroatoms. The van der Waals surface area contributed by atoms with Gasteiger partial charge in [-0.15, -0.1) is 0 Å². The number of nitrogens with one attached hydrogen (secondary N) is 2. The van der Waals surface area contributed by atoms with Gasteiger partial charge in [0.15, 0.2) is 0 Å². The number of nitrogen functional groups attached to an aromatic ring is 2. The van der Waals surface area contributed by atoms with Crippen molar-refractivity contribution in [1.82, 2.24) is 24.3 Å². The van der Waals surface area contributed by atoms with Crippen molar-refractivity contribution in [2.75, 3.05) is 75.6 Å². The van der Waals surface area contributed by atoms with Gasteiger partial charge in [-0.3, -0.25) is 20.2 Å². The number of nitriles is 2. The number of nitro benzene ring substituents is 2. The van der Waals surface area contributed by atoms with E-state index in [1.807, 2.05) is 103 Å². The number of nitrogens with zero attached hydrogens (tertiary/aromatic N) is 9. The highest BCUT2D eigenvalue weighted by atomic mass is 127. The van der Waals surface area contributed by atoms with Gasteiger partial charge in [0.2, 0.25) is 11.8 Å². The van der Waals surface area contributed by atoms with E-state index in [0.717, 1.165) is 80.6 Å². The Bertz CT molecular complexity index is 3260. The van der Waals surface area contributed by atoms with Gasteiger partial charge in [0.05, 0.1) is 58.4 Å². The highest BCUT2D eigenvalue weighted by Crippen LogP contribution is 2.36. The number of halogens is 7. The van der Waals surface area contributed by atoms with Gasteiger partial charge in [-0.2, -0.15) is 9.65 Å². The van der Waals surface area contributed by atoms with E-state index in [1.165, 1.54) is 18.2 Å². The Morgan fingerprint density at radius 3 is 1.42 bits per heavy atom. The van der Waals surface area contributed by atoms with Crippen LogP contribution in [-0.2, 0) is 18.9 Å². The normalized spacial score (nSPS) is 16.2. The fraction of sp³-hybridized carbons (Fsp3) is 0.516. The summed E-state index contributed by atoms with van der Waals surface area (Å²) in [5.74, 6) is -0.557. The lowest BCUT2D eigenvalue weighted by atomic mass is 10.1. The monoisotopic (exact) mass is 1550 g/mol. The number of anilines is 4. The van der Waals surface area contributed by atoms with Crippen LogP contribution in [0, 0.1) is 48.1 Å². The van der Waals surface area contributed by atoms with Crippen LogP contribution in [0.3, 0.4) is 0 Å². The van der Waals surface area contributed by atoms with Gasteiger partial charge in [0, 0.05) is 100 Å². The number of likely N-dealkylation sites (tertiary alicyclic amines) is 3. The molecule has 3 amide bonds. The molecular formula is C62H85BrCl4FIN13O11-. The highest BCUT2D eigenvalue weighted by Gasteiger charge is 2.32. The average Bonchev–Trinajstić information content (AvgIpc) is 1.65. The summed E-state index contributed by atoms with van der Waals surface area (Å²) in [6, 6.07) is 19.3. The molecule has 3 aliphatic heterocycles. The number of methoxy groups -OCH3 is 1. The van der Waals surface area contributed by atoms with Crippen molar-refractivity contribution in [2.24, 2.45) is 0 Å². The smallest absolute Gasteiger partial charge is 0.410 e. The number of carbonyl (C=O) groups excluding carboxylic acids is 3. The second-order valence-corrected chi connectivity index (χ2v) is 26.0. The number of hydrogen-bond donors (Lipinski definition) is 4. The quantitative estimate of drug-likeness (QED) is 0.0387. The Kier molecular flexibility index (Phi) is 37.5. The summed E-state index contributed by atoms with van der Waals surface area (Å²) in [5.41, 5.74) is 13.2. The zero-order chi connectivity index (χ0) is 69.7. The third kappa shape index (κ3) is 29.7. The van der Waals surface area contributed by atoms with Gasteiger partial charge >= 0.3 is 24.0 Å². The van der Waals surface area contributed by atoms with Gasteiger partial charge in [0.25, 0.3) is 5.69 Å². The van der Waals surface area contributed by atoms with Gasteiger partial charge in [-0.25, -0.2) is 24.6 Å². The molecular weight excluding hydrogens is 1470 g/mol. The Labute approximate surface area is 589 Å². The third-order valence-corrected chi connectivity index (χ3v) is 14.3. The van der Waals surface area contributed by atoms with E-state index in [1.54, 1.807) is 46.0 Å². The van der Waals surface area contributed by atoms with Crippen LogP contribution < -0.4 is 46.1 Å². The minimum Gasteiger partial charge on any atom is -1.00 e. The number of para-hydroxylation sites is 3. The molecule has 93 heavy (non-hydrogen) atoms. The molecule has 3 saturated heterocycles. The van der Waals surface area contributed by atoms with E-state index < -0.39 is 38.2 Å². The molecule has 4 aromatic carbocycles. The lowest BCUT2D eigenvalue weighted by molar-refractivity contribution is -0.387. The number of benzene rings is 4. The fourth-order valence-electron chi connectivity index (χ4n) is 9.36. The maximum Gasteiger partial charge on any atom is 0.410 e. The van der Waals surface area contributed by atoms with E-state index in [-0.39, 0.29) is 71.1 Å². The van der Waals surface area contributed by atoms with Crippen LogP contribution >= 0.6 is 62.3 Å². The predicted octanol–water partition coefficient (Wildman–Crippen LogP) is 13.5. The zero-order valence-corrected chi connectivity index (χ0v) is 60.9. The second-order valence-electron chi connectivity index (χ2n) is 24.0. The van der Waals surface area contributed by atoms with E-state index in [9.17, 15) is 39.0 Å². The number of amides is 3. The SMILES string of the molecule is C#N.CC(C)(C)OC(=O)N1CCCC[C@@H](Nc2c(Cl)cccc2[N+](=O)[O-])C1.CC(C)(C)OC(=O)N1CCCC[C@@H](Nc2c(N)cccc2Cl)C1.CC(C)(C)OC(=O)N1CCCC[C@@H](n2c(N)nc3cccc(Cl)c32)C1.COC.N#CBr.O=[N+]([O-])c1cccc(Cl)c1F.[I-]. The summed E-state index contributed by atoms with van der Waals surface area (Å²) >= 11 is 26.5. The van der Waals surface area contributed by atoms with Crippen molar-refractivity contribution >= 4 is 126 Å². The number of carbonyl (C=O) groups is 3. The van der Waals surface area contributed by atoms with Gasteiger partial charge in [-0.05, 0) is 156 Å². The molecule has 0 spiro atoms. The Morgan fingerprint density at radius 2 is 1.00 bits per heavy atom. The Morgan fingerprint density at radius 1 is 0.634 bits per heavy atom. The first kappa shape index (κ1) is 84.4. The van der Waals surface area contributed by atoms with Crippen LogP contribution in [0.25, 0.3) is 11.0 Å². The minimum absolute atomic E-state index is 0. The first-order chi connectivity index (χ1) is 43.1. The molecule has 0 unspecified atom stereocenters. The van der Waals surface area contributed by atoms with Crippen LogP contribution in [-0.4, -0.2) is 135 Å². The third-order valence-electron chi connectivity index (χ3n) is 13.1. The van der Waals surface area contributed by atoms with Crippen molar-refractivity contribution in [2.45, 2.75) is 155 Å². The molecule has 1 aromatic heterocycles. The molecule has 5 aromatic rings. The minimum atomic E-state index is -0.987. The van der Waals surface area contributed by atoms with Crippen LogP contribution in [0.5, 0.6) is 0 Å². The Hall–Kier alpha value is -6.60. The molecule has 24 nitrogen and oxygen atoms in total. The van der Waals surface area contributed by atoms with Crippen molar-refractivity contribution < 1.29 is 71.5 Å². The number of imidazole rings is 1. The van der Waals surface area contributed by atoms with E-state index in [0.29, 0.717) is 71.7 Å². The fourth-order valence-corrected chi connectivity index (χ4v) is 10.3. The highest BCUT2D eigenvalue weighted by molar-refractivity contribution is 9.12. The summed E-state index contributed by atoms with van der Waals surface area (Å²) < 4.78 is 35.4. The number of hydrogen-bond acceptors (Lipinski definition) is 18. The number of rotatable bonds is 7. The molecule has 0 saturated carbocycles.